The lowest BCUT2D eigenvalue weighted by Crippen LogP contribution is -2.36. The van der Waals surface area contributed by atoms with Crippen molar-refractivity contribution in [1.29, 1.82) is 0 Å². The molecule has 0 bridgehead atoms. The van der Waals surface area contributed by atoms with E-state index in [0.29, 0.717) is 12.6 Å². The molecule has 3 aromatic rings. The molecule has 1 N–H and O–H groups in total. The molecule has 1 atom stereocenters. The monoisotopic (exact) mass is 349 g/mol. The maximum absolute atomic E-state index is 9.86. The standard InChI is InChI=1S/C22H27N3O/c1-17(2)24(14-18(3)26)15-20-16-25(21-12-8-5-9-13-21)23-22(20)19-10-6-4-7-11-19/h4-13,16-18,26H,14-15H2,1-3H3. The van der Waals surface area contributed by atoms with E-state index in [9.17, 15) is 5.11 Å². The lowest BCUT2D eigenvalue weighted by Gasteiger charge is -2.27. The molecule has 3 rings (SSSR count). The molecule has 0 aliphatic rings. The third-order valence-corrected chi connectivity index (χ3v) is 4.46. The van der Waals surface area contributed by atoms with Gasteiger partial charge in [-0.1, -0.05) is 48.5 Å². The molecule has 4 heteroatoms. The Morgan fingerprint density at radius 1 is 0.962 bits per heavy atom. The van der Waals surface area contributed by atoms with E-state index in [1.54, 1.807) is 0 Å². The number of aliphatic hydroxyl groups excluding tert-OH is 1. The zero-order valence-corrected chi connectivity index (χ0v) is 15.7. The van der Waals surface area contributed by atoms with E-state index in [2.05, 4.69) is 49.2 Å². The Morgan fingerprint density at radius 3 is 2.15 bits per heavy atom. The number of hydrogen-bond donors (Lipinski definition) is 1. The van der Waals surface area contributed by atoms with Crippen LogP contribution < -0.4 is 0 Å². The van der Waals surface area contributed by atoms with E-state index in [4.69, 9.17) is 5.10 Å². The van der Waals surface area contributed by atoms with Gasteiger partial charge in [-0.25, -0.2) is 4.68 Å². The van der Waals surface area contributed by atoms with E-state index in [-0.39, 0.29) is 6.10 Å². The minimum atomic E-state index is -0.359. The van der Waals surface area contributed by atoms with Gasteiger partial charge >= 0.3 is 0 Å². The van der Waals surface area contributed by atoms with Crippen molar-refractivity contribution in [2.24, 2.45) is 0 Å². The maximum Gasteiger partial charge on any atom is 0.0972 e. The first-order valence-corrected chi connectivity index (χ1v) is 9.16. The van der Waals surface area contributed by atoms with E-state index in [0.717, 1.165) is 29.1 Å². The minimum absolute atomic E-state index is 0.341. The summed E-state index contributed by atoms with van der Waals surface area (Å²) in [7, 11) is 0. The average Bonchev–Trinajstić information content (AvgIpc) is 3.06. The van der Waals surface area contributed by atoms with Crippen LogP contribution in [0.25, 0.3) is 16.9 Å². The number of para-hydroxylation sites is 1. The Kier molecular flexibility index (Phi) is 5.86. The highest BCUT2D eigenvalue weighted by Crippen LogP contribution is 2.25. The van der Waals surface area contributed by atoms with E-state index in [1.165, 1.54) is 0 Å². The summed E-state index contributed by atoms with van der Waals surface area (Å²) in [5, 5.41) is 14.7. The average molecular weight is 349 g/mol. The van der Waals surface area contributed by atoms with Crippen molar-refractivity contribution in [3.05, 3.63) is 72.4 Å². The number of benzene rings is 2. The van der Waals surface area contributed by atoms with Gasteiger partial charge in [0.25, 0.3) is 0 Å². The Labute approximate surface area is 155 Å². The van der Waals surface area contributed by atoms with Gasteiger partial charge in [-0.2, -0.15) is 5.10 Å². The number of hydrogen-bond acceptors (Lipinski definition) is 3. The van der Waals surface area contributed by atoms with Gasteiger partial charge < -0.3 is 5.11 Å². The Bertz CT molecular complexity index is 810. The predicted octanol–water partition coefficient (Wildman–Crippen LogP) is 4.13. The number of nitrogens with zero attached hydrogens (tertiary/aromatic N) is 3. The van der Waals surface area contributed by atoms with E-state index >= 15 is 0 Å². The summed E-state index contributed by atoms with van der Waals surface area (Å²) in [6.07, 6.45) is 1.75. The fourth-order valence-corrected chi connectivity index (χ4v) is 3.09. The molecule has 0 saturated carbocycles. The first-order valence-electron chi connectivity index (χ1n) is 9.16. The molecule has 1 heterocycles. The van der Waals surface area contributed by atoms with Gasteiger partial charge in [0.1, 0.15) is 0 Å². The molecule has 0 spiro atoms. The van der Waals surface area contributed by atoms with E-state index < -0.39 is 0 Å². The van der Waals surface area contributed by atoms with Crippen molar-refractivity contribution < 1.29 is 5.11 Å². The molecule has 0 aliphatic heterocycles. The minimum Gasteiger partial charge on any atom is -0.392 e. The van der Waals surface area contributed by atoms with Gasteiger partial charge in [-0.15, -0.1) is 0 Å². The zero-order valence-electron chi connectivity index (χ0n) is 15.7. The summed E-state index contributed by atoms with van der Waals surface area (Å²) < 4.78 is 1.94. The first-order chi connectivity index (χ1) is 12.5. The fourth-order valence-electron chi connectivity index (χ4n) is 3.09. The summed E-state index contributed by atoms with van der Waals surface area (Å²) in [5.41, 5.74) is 4.31. The van der Waals surface area contributed by atoms with Gasteiger partial charge in [0, 0.05) is 36.5 Å². The fraction of sp³-hybridized carbons (Fsp3) is 0.318. The van der Waals surface area contributed by atoms with Gasteiger partial charge in [0.15, 0.2) is 0 Å². The van der Waals surface area contributed by atoms with Crippen LogP contribution in [0.2, 0.25) is 0 Å². The molecule has 1 aromatic heterocycles. The second-order valence-corrected chi connectivity index (χ2v) is 7.02. The van der Waals surface area contributed by atoms with Crippen LogP contribution in [0.1, 0.15) is 26.3 Å². The highest BCUT2D eigenvalue weighted by Gasteiger charge is 2.18. The lowest BCUT2D eigenvalue weighted by atomic mass is 10.1. The van der Waals surface area contributed by atoms with Crippen LogP contribution in [0.5, 0.6) is 0 Å². The molecule has 26 heavy (non-hydrogen) atoms. The predicted molar refractivity (Wildman–Crippen MR) is 106 cm³/mol. The number of aliphatic hydroxyl groups is 1. The smallest absolute Gasteiger partial charge is 0.0972 e. The molecule has 0 radical (unpaired) electrons. The van der Waals surface area contributed by atoms with Crippen molar-refractivity contribution in [2.75, 3.05) is 6.54 Å². The van der Waals surface area contributed by atoms with Crippen molar-refractivity contribution >= 4 is 0 Å². The normalized spacial score (nSPS) is 12.7. The molecule has 1 unspecified atom stereocenters. The summed E-state index contributed by atoms with van der Waals surface area (Å²) in [5.74, 6) is 0. The SMILES string of the molecule is CC(O)CN(Cc1cn(-c2ccccc2)nc1-c1ccccc1)C(C)C. The Morgan fingerprint density at radius 2 is 1.58 bits per heavy atom. The van der Waals surface area contributed by atoms with Crippen molar-refractivity contribution in [2.45, 2.75) is 39.5 Å². The summed E-state index contributed by atoms with van der Waals surface area (Å²) >= 11 is 0. The second-order valence-electron chi connectivity index (χ2n) is 7.02. The quantitative estimate of drug-likeness (QED) is 0.697. The third kappa shape index (κ3) is 4.40. The third-order valence-electron chi connectivity index (χ3n) is 4.46. The van der Waals surface area contributed by atoms with Crippen LogP contribution in [0.15, 0.2) is 66.9 Å². The summed E-state index contributed by atoms with van der Waals surface area (Å²) in [4.78, 5) is 2.28. The van der Waals surface area contributed by atoms with Crippen LogP contribution in [0, 0.1) is 0 Å². The van der Waals surface area contributed by atoms with Crippen molar-refractivity contribution in [3.63, 3.8) is 0 Å². The molecule has 0 aliphatic carbocycles. The summed E-state index contributed by atoms with van der Waals surface area (Å²) in [6.45, 7) is 7.54. The van der Waals surface area contributed by atoms with Gasteiger partial charge in [0.05, 0.1) is 17.5 Å². The van der Waals surface area contributed by atoms with Crippen molar-refractivity contribution in [1.82, 2.24) is 14.7 Å². The van der Waals surface area contributed by atoms with Crippen LogP contribution in [0.4, 0.5) is 0 Å². The highest BCUT2D eigenvalue weighted by molar-refractivity contribution is 5.63. The first kappa shape index (κ1) is 18.4. The molecule has 0 saturated heterocycles. The number of aromatic nitrogens is 2. The highest BCUT2D eigenvalue weighted by atomic mass is 16.3. The number of rotatable bonds is 7. The van der Waals surface area contributed by atoms with Gasteiger partial charge in [-0.05, 0) is 32.9 Å². The molecule has 136 valence electrons. The molecular formula is C22H27N3O. The van der Waals surface area contributed by atoms with Crippen LogP contribution in [-0.4, -0.2) is 38.5 Å². The van der Waals surface area contributed by atoms with Crippen LogP contribution in [-0.2, 0) is 6.54 Å². The molecule has 2 aromatic carbocycles. The van der Waals surface area contributed by atoms with Gasteiger partial charge in [-0.3, -0.25) is 4.90 Å². The Hall–Kier alpha value is -2.43. The zero-order chi connectivity index (χ0) is 18.5. The molecular weight excluding hydrogens is 322 g/mol. The lowest BCUT2D eigenvalue weighted by molar-refractivity contribution is 0.103. The van der Waals surface area contributed by atoms with Gasteiger partial charge in [0.2, 0.25) is 0 Å². The van der Waals surface area contributed by atoms with Crippen LogP contribution in [0.3, 0.4) is 0 Å². The topological polar surface area (TPSA) is 41.3 Å². The second kappa shape index (κ2) is 8.30. The van der Waals surface area contributed by atoms with Crippen molar-refractivity contribution in [3.8, 4) is 16.9 Å². The molecule has 0 amide bonds. The summed E-state index contributed by atoms with van der Waals surface area (Å²) in [6, 6.07) is 20.8. The largest absolute Gasteiger partial charge is 0.392 e. The maximum atomic E-state index is 9.86. The van der Waals surface area contributed by atoms with E-state index in [1.807, 2.05) is 48.0 Å². The molecule has 4 nitrogen and oxygen atoms in total. The molecule has 0 fully saturated rings. The Balaban J connectivity index is 2.00. The van der Waals surface area contributed by atoms with Crippen LogP contribution >= 0.6 is 0 Å².